The second kappa shape index (κ2) is 12.1. The van der Waals surface area contributed by atoms with Crippen molar-refractivity contribution in [3.05, 3.63) is 140 Å². The van der Waals surface area contributed by atoms with E-state index >= 15 is 0 Å². The number of hydrogen-bond acceptors (Lipinski definition) is 5. The lowest BCUT2D eigenvalue weighted by molar-refractivity contribution is 0.0416. The number of carbonyl (C=O) groups is 4. The lowest BCUT2D eigenvalue weighted by atomic mass is 9.53. The van der Waals surface area contributed by atoms with Gasteiger partial charge in [0, 0.05) is 37.6 Å². The van der Waals surface area contributed by atoms with E-state index in [2.05, 4.69) is 31.9 Å². The average molecular weight is 659 g/mol. The zero-order valence-electron chi connectivity index (χ0n) is 21.4. The molecule has 1 atom stereocenters. The van der Waals surface area contributed by atoms with E-state index in [1.807, 2.05) is 6.29 Å². The van der Waals surface area contributed by atoms with Crippen molar-refractivity contribution >= 4 is 61.3 Å². The van der Waals surface area contributed by atoms with Crippen LogP contribution in [0.5, 0.6) is 0 Å². The fourth-order valence-electron chi connectivity index (χ4n) is 4.80. The zero-order valence-corrected chi connectivity index (χ0v) is 24.6. The van der Waals surface area contributed by atoms with Crippen LogP contribution in [0, 0.1) is 10.8 Å². The van der Waals surface area contributed by atoms with Gasteiger partial charge in [-0.1, -0.05) is 117 Å². The number of halogens is 2. The molecule has 0 N–H and O–H groups in total. The molecule has 0 amide bonds. The number of Topliss-reactive ketones (excluding diaryl/α,β-unsaturated/α-hetero) is 4. The monoisotopic (exact) mass is 657 g/mol. The summed E-state index contributed by atoms with van der Waals surface area (Å²) < 4.78 is 1.35. The van der Waals surface area contributed by atoms with Gasteiger partial charge in [0.05, 0.1) is 5.41 Å². The average Bonchev–Trinajstić information content (AvgIpc) is 2.98. The summed E-state index contributed by atoms with van der Waals surface area (Å²) in [4.78, 5) is 70.4. The van der Waals surface area contributed by atoms with Gasteiger partial charge in [0.25, 0.3) is 0 Å². The SMILES string of the molecule is CC([C]=O)(CC(=O)c1ccccc1)C(C(=O)c1ccccc1)(C(=O)c1ccc(Br)cc1)C(=O)c1ccc(Br)cc1. The first-order chi connectivity index (χ1) is 19.1. The van der Waals surface area contributed by atoms with Crippen LogP contribution in [0.1, 0.15) is 54.8 Å². The summed E-state index contributed by atoms with van der Waals surface area (Å²) >= 11 is 6.68. The lowest BCUT2D eigenvalue weighted by Gasteiger charge is -2.41. The summed E-state index contributed by atoms with van der Waals surface area (Å²) in [7, 11) is 0. The van der Waals surface area contributed by atoms with E-state index in [0.717, 1.165) is 0 Å². The zero-order chi connectivity index (χ0) is 28.9. The number of ketones is 4. The Bertz CT molecular complexity index is 1510. The van der Waals surface area contributed by atoms with E-state index in [0.29, 0.717) is 8.95 Å². The first-order valence-electron chi connectivity index (χ1n) is 12.3. The summed E-state index contributed by atoms with van der Waals surface area (Å²) in [5.74, 6) is -3.19. The highest BCUT2D eigenvalue weighted by Gasteiger charge is 2.65. The minimum Gasteiger partial charge on any atom is -0.294 e. The van der Waals surface area contributed by atoms with E-state index in [1.165, 1.54) is 43.3 Å². The van der Waals surface area contributed by atoms with E-state index in [4.69, 9.17) is 0 Å². The largest absolute Gasteiger partial charge is 0.294 e. The maximum atomic E-state index is 14.6. The molecule has 40 heavy (non-hydrogen) atoms. The number of benzene rings is 4. The van der Waals surface area contributed by atoms with Gasteiger partial charge in [-0.15, -0.1) is 0 Å². The van der Waals surface area contributed by atoms with Gasteiger partial charge in [0.2, 0.25) is 6.29 Å². The second-order valence-corrected chi connectivity index (χ2v) is 11.3. The third-order valence-corrected chi connectivity index (χ3v) is 7.99. The first-order valence-corrected chi connectivity index (χ1v) is 13.9. The minimum absolute atomic E-state index is 0.0339. The van der Waals surface area contributed by atoms with Gasteiger partial charge in [-0.2, -0.15) is 0 Å². The molecular formula is C33H23Br2O5. The van der Waals surface area contributed by atoms with Crippen molar-refractivity contribution < 1.29 is 24.0 Å². The molecule has 7 heteroatoms. The molecule has 0 spiro atoms. The van der Waals surface area contributed by atoms with Gasteiger partial charge in [-0.05, 0) is 31.2 Å². The molecule has 0 heterocycles. The Labute approximate surface area is 248 Å². The quantitative estimate of drug-likeness (QED) is 0.123. The second-order valence-electron chi connectivity index (χ2n) is 9.52. The third kappa shape index (κ3) is 5.44. The highest BCUT2D eigenvalue weighted by molar-refractivity contribution is 9.10. The number of carbonyl (C=O) groups excluding carboxylic acids is 5. The van der Waals surface area contributed by atoms with Gasteiger partial charge >= 0.3 is 0 Å². The van der Waals surface area contributed by atoms with Gasteiger partial charge in [0.1, 0.15) is 0 Å². The van der Waals surface area contributed by atoms with Crippen LogP contribution in [-0.2, 0) is 4.79 Å². The van der Waals surface area contributed by atoms with Gasteiger partial charge in [0.15, 0.2) is 28.5 Å². The van der Waals surface area contributed by atoms with Crippen LogP contribution in [-0.4, -0.2) is 29.4 Å². The smallest absolute Gasteiger partial charge is 0.207 e. The Balaban J connectivity index is 2.05. The molecular weight excluding hydrogens is 636 g/mol. The van der Waals surface area contributed by atoms with Crippen molar-refractivity contribution in [2.24, 2.45) is 10.8 Å². The van der Waals surface area contributed by atoms with Crippen molar-refractivity contribution in [3.8, 4) is 0 Å². The van der Waals surface area contributed by atoms with Crippen molar-refractivity contribution in [2.75, 3.05) is 0 Å². The molecule has 4 aromatic carbocycles. The Kier molecular flexibility index (Phi) is 8.86. The summed E-state index contributed by atoms with van der Waals surface area (Å²) in [6.45, 7) is 1.29. The Hall–Kier alpha value is -3.81. The maximum absolute atomic E-state index is 14.6. The van der Waals surface area contributed by atoms with E-state index < -0.39 is 40.4 Å². The molecule has 0 aliphatic carbocycles. The predicted octanol–water partition coefficient (Wildman–Crippen LogP) is 7.54. The predicted molar refractivity (Wildman–Crippen MR) is 159 cm³/mol. The van der Waals surface area contributed by atoms with E-state index in [9.17, 15) is 24.0 Å². The fraction of sp³-hybridized carbons (Fsp3) is 0.121. The van der Waals surface area contributed by atoms with Gasteiger partial charge in [-0.3, -0.25) is 24.0 Å². The summed E-state index contributed by atoms with van der Waals surface area (Å²) in [5.41, 5.74) is -4.44. The molecule has 5 nitrogen and oxygen atoms in total. The van der Waals surface area contributed by atoms with Crippen LogP contribution in [0.3, 0.4) is 0 Å². The van der Waals surface area contributed by atoms with Crippen LogP contribution in [0.2, 0.25) is 0 Å². The van der Waals surface area contributed by atoms with Crippen molar-refractivity contribution in [1.82, 2.24) is 0 Å². The van der Waals surface area contributed by atoms with E-state index in [-0.39, 0.29) is 22.3 Å². The van der Waals surface area contributed by atoms with Crippen molar-refractivity contribution in [1.29, 1.82) is 0 Å². The molecule has 1 unspecified atom stereocenters. The fourth-order valence-corrected chi connectivity index (χ4v) is 5.32. The molecule has 0 saturated heterocycles. The highest BCUT2D eigenvalue weighted by Crippen LogP contribution is 2.49. The molecule has 4 aromatic rings. The van der Waals surface area contributed by atoms with Crippen LogP contribution in [0.15, 0.2) is 118 Å². The molecule has 199 valence electrons. The Morgan fingerprint density at radius 3 is 1.30 bits per heavy atom. The Morgan fingerprint density at radius 1 is 0.575 bits per heavy atom. The number of rotatable bonds is 11. The van der Waals surface area contributed by atoms with Crippen LogP contribution in [0.4, 0.5) is 0 Å². The molecule has 0 saturated carbocycles. The Morgan fingerprint density at radius 2 is 0.925 bits per heavy atom. The van der Waals surface area contributed by atoms with Gasteiger partial charge < -0.3 is 0 Å². The molecule has 0 fully saturated rings. The third-order valence-electron chi connectivity index (χ3n) is 6.93. The number of hydrogen-bond donors (Lipinski definition) is 0. The van der Waals surface area contributed by atoms with Crippen LogP contribution in [0.25, 0.3) is 0 Å². The highest BCUT2D eigenvalue weighted by atomic mass is 79.9. The van der Waals surface area contributed by atoms with Crippen LogP contribution >= 0.6 is 31.9 Å². The molecule has 0 aromatic heterocycles. The summed E-state index contributed by atoms with van der Waals surface area (Å²) in [5, 5.41) is 0. The van der Waals surface area contributed by atoms with Crippen molar-refractivity contribution in [3.63, 3.8) is 0 Å². The molecule has 0 aliphatic heterocycles. The van der Waals surface area contributed by atoms with E-state index in [1.54, 1.807) is 72.8 Å². The first kappa shape index (κ1) is 29.2. The van der Waals surface area contributed by atoms with Gasteiger partial charge in [-0.25, -0.2) is 0 Å². The summed E-state index contributed by atoms with van der Waals surface area (Å²) in [6.07, 6.45) is 1.24. The maximum Gasteiger partial charge on any atom is 0.207 e. The van der Waals surface area contributed by atoms with Crippen molar-refractivity contribution in [2.45, 2.75) is 13.3 Å². The standard InChI is InChI=1S/C33H23Br2O5/c1-32(21-36,20-28(37)22-8-4-2-5-9-22)33(29(38)23-10-6-3-7-11-23,30(39)24-12-16-26(34)17-13-24)31(40)25-14-18-27(35)19-15-25/h2-19H,20H2,1H3. The topological polar surface area (TPSA) is 85.3 Å². The molecule has 0 aliphatic rings. The van der Waals surface area contributed by atoms with Crippen LogP contribution < -0.4 is 0 Å². The minimum atomic E-state index is -2.65. The normalized spacial score (nSPS) is 12.7. The molecule has 0 bridgehead atoms. The molecule has 4 rings (SSSR count). The summed E-state index contributed by atoms with van der Waals surface area (Å²) in [6, 6.07) is 28.3. The lowest BCUT2D eigenvalue weighted by Crippen LogP contribution is -2.59. The molecule has 1 radical (unpaired) electrons.